The molecule has 1 amide bonds. The van der Waals surface area contributed by atoms with Gasteiger partial charge in [-0.15, -0.1) is 0 Å². The molecule has 0 spiro atoms. The Hall–Kier alpha value is -2.11. The van der Waals surface area contributed by atoms with E-state index in [1.54, 1.807) is 18.2 Å². The van der Waals surface area contributed by atoms with Crippen molar-refractivity contribution in [1.29, 1.82) is 0 Å². The van der Waals surface area contributed by atoms with Crippen LogP contribution in [0.2, 0.25) is 0 Å². The van der Waals surface area contributed by atoms with E-state index in [0.717, 1.165) is 16.6 Å². The Morgan fingerprint density at radius 1 is 1.17 bits per heavy atom. The Morgan fingerprint density at radius 2 is 1.86 bits per heavy atom. The second-order valence-corrected chi connectivity index (χ2v) is 8.53. The number of hydrogen-bond donors (Lipinski definition) is 2. The van der Waals surface area contributed by atoms with Crippen LogP contribution in [0.3, 0.4) is 0 Å². The minimum Gasteiger partial charge on any atom is -0.492 e. The Balaban J connectivity index is 1.93. The SMILES string of the molecule is C[C@H](NS(=O)(=O)c1ccccc1C(F)(F)F)C(=O)NCCOc1cccc(Br)c1. The highest BCUT2D eigenvalue weighted by Gasteiger charge is 2.37. The summed E-state index contributed by atoms with van der Waals surface area (Å²) in [6, 6.07) is 9.52. The van der Waals surface area contributed by atoms with Crippen LogP contribution in [-0.4, -0.2) is 33.5 Å². The molecule has 0 aliphatic rings. The standard InChI is InChI=1S/C18H18BrF3N2O4S/c1-12(17(25)23-9-10-28-14-6-4-5-13(19)11-14)24-29(26,27)16-8-3-2-7-15(16)18(20,21)22/h2-8,11-12,24H,9-10H2,1H3,(H,23,25)/t12-/m0/s1. The average Bonchev–Trinajstić information content (AvgIpc) is 2.64. The van der Waals surface area contributed by atoms with Crippen molar-refractivity contribution < 1.29 is 31.1 Å². The van der Waals surface area contributed by atoms with Crippen LogP contribution in [-0.2, 0) is 21.0 Å². The molecule has 11 heteroatoms. The zero-order valence-electron chi connectivity index (χ0n) is 15.2. The number of carbonyl (C=O) groups is 1. The molecule has 0 aliphatic heterocycles. The number of alkyl halides is 3. The monoisotopic (exact) mass is 494 g/mol. The summed E-state index contributed by atoms with van der Waals surface area (Å²) in [6.07, 6.45) is -4.85. The smallest absolute Gasteiger partial charge is 0.417 e. The molecular weight excluding hydrogens is 477 g/mol. The molecular formula is C18H18BrF3N2O4S. The lowest BCUT2D eigenvalue weighted by molar-refractivity contribution is -0.139. The van der Waals surface area contributed by atoms with Gasteiger partial charge in [-0.1, -0.05) is 34.1 Å². The molecule has 2 aromatic rings. The van der Waals surface area contributed by atoms with Gasteiger partial charge < -0.3 is 10.1 Å². The van der Waals surface area contributed by atoms with Gasteiger partial charge in [0.1, 0.15) is 12.4 Å². The molecule has 1 atom stereocenters. The molecule has 158 valence electrons. The Kier molecular flexibility index (Phi) is 7.66. The van der Waals surface area contributed by atoms with Crippen molar-refractivity contribution in [1.82, 2.24) is 10.0 Å². The second kappa shape index (κ2) is 9.59. The molecule has 0 aliphatic carbocycles. The Bertz CT molecular complexity index is 968. The van der Waals surface area contributed by atoms with E-state index < -0.39 is 38.6 Å². The van der Waals surface area contributed by atoms with Crippen LogP contribution in [0.15, 0.2) is 57.9 Å². The molecule has 0 unspecified atom stereocenters. The van der Waals surface area contributed by atoms with Crippen LogP contribution in [0.1, 0.15) is 12.5 Å². The molecule has 0 saturated carbocycles. The number of carbonyl (C=O) groups excluding carboxylic acids is 1. The fraction of sp³-hybridized carbons (Fsp3) is 0.278. The largest absolute Gasteiger partial charge is 0.492 e. The maximum atomic E-state index is 13.1. The maximum absolute atomic E-state index is 13.1. The van der Waals surface area contributed by atoms with E-state index in [0.29, 0.717) is 11.8 Å². The molecule has 0 saturated heterocycles. The van der Waals surface area contributed by atoms with E-state index in [1.165, 1.54) is 13.0 Å². The molecule has 0 heterocycles. The second-order valence-electron chi connectivity index (χ2n) is 5.93. The van der Waals surface area contributed by atoms with Gasteiger partial charge in [0.25, 0.3) is 0 Å². The summed E-state index contributed by atoms with van der Waals surface area (Å²) in [5.41, 5.74) is -1.30. The predicted molar refractivity (Wildman–Crippen MR) is 104 cm³/mol. The van der Waals surface area contributed by atoms with Crippen LogP contribution in [0.25, 0.3) is 0 Å². The third kappa shape index (κ3) is 6.72. The number of hydrogen-bond acceptors (Lipinski definition) is 4. The van der Waals surface area contributed by atoms with Gasteiger partial charge in [-0.25, -0.2) is 8.42 Å². The molecule has 2 aromatic carbocycles. The number of rotatable bonds is 8. The summed E-state index contributed by atoms with van der Waals surface area (Å²) in [6.45, 7) is 1.44. The predicted octanol–water partition coefficient (Wildman–Crippen LogP) is 3.33. The lowest BCUT2D eigenvalue weighted by Crippen LogP contribution is -2.45. The van der Waals surface area contributed by atoms with E-state index in [2.05, 4.69) is 21.2 Å². The fourth-order valence-corrected chi connectivity index (χ4v) is 4.15. The van der Waals surface area contributed by atoms with Crippen molar-refractivity contribution in [3.63, 3.8) is 0 Å². The van der Waals surface area contributed by atoms with E-state index in [1.807, 2.05) is 10.8 Å². The summed E-state index contributed by atoms with van der Waals surface area (Å²) >= 11 is 3.29. The summed E-state index contributed by atoms with van der Waals surface area (Å²) < 4.78 is 72.1. The molecule has 6 nitrogen and oxygen atoms in total. The number of sulfonamides is 1. The summed E-state index contributed by atoms with van der Waals surface area (Å²) in [7, 11) is -4.56. The topological polar surface area (TPSA) is 84.5 Å². The first kappa shape index (κ1) is 23.2. The molecule has 0 fully saturated rings. The van der Waals surface area contributed by atoms with Gasteiger partial charge in [0, 0.05) is 4.47 Å². The van der Waals surface area contributed by atoms with Crippen LogP contribution in [0, 0.1) is 0 Å². The van der Waals surface area contributed by atoms with E-state index in [4.69, 9.17) is 4.74 Å². The van der Waals surface area contributed by atoms with Gasteiger partial charge in [-0.3, -0.25) is 4.79 Å². The van der Waals surface area contributed by atoms with Crippen molar-refractivity contribution >= 4 is 31.9 Å². The number of halogens is 4. The minimum absolute atomic E-state index is 0.0799. The zero-order valence-corrected chi connectivity index (χ0v) is 17.6. The number of nitrogens with one attached hydrogen (secondary N) is 2. The molecule has 0 bridgehead atoms. The van der Waals surface area contributed by atoms with Crippen LogP contribution in [0.4, 0.5) is 13.2 Å². The molecule has 0 radical (unpaired) electrons. The lowest BCUT2D eigenvalue weighted by atomic mass is 10.2. The highest BCUT2D eigenvalue weighted by molar-refractivity contribution is 9.10. The molecule has 0 aromatic heterocycles. The average molecular weight is 495 g/mol. The van der Waals surface area contributed by atoms with Gasteiger partial charge in [0.2, 0.25) is 15.9 Å². The van der Waals surface area contributed by atoms with Crippen LogP contribution >= 0.6 is 15.9 Å². The van der Waals surface area contributed by atoms with Crippen molar-refractivity contribution in [2.75, 3.05) is 13.2 Å². The maximum Gasteiger partial charge on any atom is 0.417 e. The van der Waals surface area contributed by atoms with Gasteiger partial charge in [0.05, 0.1) is 23.0 Å². The van der Waals surface area contributed by atoms with Gasteiger partial charge >= 0.3 is 6.18 Å². The molecule has 2 N–H and O–H groups in total. The van der Waals surface area contributed by atoms with E-state index in [9.17, 15) is 26.4 Å². The van der Waals surface area contributed by atoms with Crippen molar-refractivity contribution in [2.24, 2.45) is 0 Å². The quantitative estimate of drug-likeness (QED) is 0.551. The van der Waals surface area contributed by atoms with Crippen LogP contribution in [0.5, 0.6) is 5.75 Å². The number of benzene rings is 2. The number of ether oxygens (including phenoxy) is 1. The summed E-state index contributed by atoms with van der Waals surface area (Å²) in [4.78, 5) is 11.1. The van der Waals surface area contributed by atoms with Gasteiger partial charge in [-0.05, 0) is 37.3 Å². The highest BCUT2D eigenvalue weighted by atomic mass is 79.9. The van der Waals surface area contributed by atoms with Crippen molar-refractivity contribution in [2.45, 2.75) is 24.0 Å². The molecule has 2 rings (SSSR count). The first-order valence-electron chi connectivity index (χ1n) is 8.35. The zero-order chi connectivity index (χ0) is 21.7. The Labute approximate surface area is 174 Å². The van der Waals surface area contributed by atoms with E-state index >= 15 is 0 Å². The van der Waals surface area contributed by atoms with E-state index in [-0.39, 0.29) is 13.2 Å². The minimum atomic E-state index is -4.85. The first-order valence-corrected chi connectivity index (χ1v) is 10.6. The van der Waals surface area contributed by atoms with Crippen molar-refractivity contribution in [3.05, 3.63) is 58.6 Å². The third-order valence-electron chi connectivity index (χ3n) is 3.67. The fourth-order valence-electron chi connectivity index (χ4n) is 2.34. The van der Waals surface area contributed by atoms with Crippen molar-refractivity contribution in [3.8, 4) is 5.75 Å². The lowest BCUT2D eigenvalue weighted by Gasteiger charge is -2.17. The number of amides is 1. The van der Waals surface area contributed by atoms with Crippen LogP contribution < -0.4 is 14.8 Å². The molecule has 29 heavy (non-hydrogen) atoms. The van der Waals surface area contributed by atoms with Gasteiger partial charge in [0.15, 0.2) is 0 Å². The summed E-state index contributed by atoms with van der Waals surface area (Å²) in [5.74, 6) is -0.123. The first-order chi connectivity index (χ1) is 13.5. The Morgan fingerprint density at radius 3 is 2.52 bits per heavy atom. The normalized spacial score (nSPS) is 13.0. The van der Waals surface area contributed by atoms with Gasteiger partial charge in [-0.2, -0.15) is 17.9 Å². The summed E-state index contributed by atoms with van der Waals surface area (Å²) in [5, 5.41) is 2.46. The highest BCUT2D eigenvalue weighted by Crippen LogP contribution is 2.33. The third-order valence-corrected chi connectivity index (χ3v) is 5.77.